The Bertz CT molecular complexity index is 703. The van der Waals surface area contributed by atoms with E-state index in [1.807, 2.05) is 30.3 Å². The fourth-order valence-electron chi connectivity index (χ4n) is 3.15. The summed E-state index contributed by atoms with van der Waals surface area (Å²) in [6, 6.07) is 7.41. The van der Waals surface area contributed by atoms with Crippen LogP contribution in [0.15, 0.2) is 42.0 Å². The number of primary amides is 1. The molecule has 0 unspecified atom stereocenters. The fourth-order valence-corrected chi connectivity index (χ4v) is 3.15. The normalized spacial score (nSPS) is 15.7. The molecule has 0 aliphatic heterocycles. The van der Waals surface area contributed by atoms with Gasteiger partial charge in [0.25, 0.3) is 5.91 Å². The van der Waals surface area contributed by atoms with Gasteiger partial charge in [-0.2, -0.15) is 0 Å². The summed E-state index contributed by atoms with van der Waals surface area (Å²) in [6.07, 6.45) is 6.93. The molecule has 0 heterocycles. The van der Waals surface area contributed by atoms with Crippen molar-refractivity contribution in [2.24, 2.45) is 5.73 Å². The Morgan fingerprint density at radius 1 is 1.18 bits per heavy atom. The van der Waals surface area contributed by atoms with E-state index in [4.69, 9.17) is 10.5 Å². The predicted octanol–water partition coefficient (Wildman–Crippen LogP) is 2.20. The summed E-state index contributed by atoms with van der Waals surface area (Å²) in [4.78, 5) is 35.9. The summed E-state index contributed by atoms with van der Waals surface area (Å²) in [5, 5.41) is 5.18. The molecule has 2 rings (SSSR count). The Hall–Kier alpha value is -2.83. The van der Waals surface area contributed by atoms with Crippen molar-refractivity contribution < 1.29 is 19.1 Å². The summed E-state index contributed by atoms with van der Waals surface area (Å²) in [5.74, 6) is -1.05. The van der Waals surface area contributed by atoms with Crippen molar-refractivity contribution in [1.29, 1.82) is 0 Å². The Morgan fingerprint density at radius 2 is 1.93 bits per heavy atom. The zero-order chi connectivity index (χ0) is 20.4. The van der Waals surface area contributed by atoms with E-state index in [2.05, 4.69) is 16.7 Å². The summed E-state index contributed by atoms with van der Waals surface area (Å²) >= 11 is 0. The van der Waals surface area contributed by atoms with Gasteiger partial charge >= 0.3 is 12.0 Å². The van der Waals surface area contributed by atoms with Crippen LogP contribution >= 0.6 is 0 Å². The molecule has 2 atom stereocenters. The number of ether oxygens (including phenoxy) is 1. The molecule has 1 aliphatic rings. The van der Waals surface area contributed by atoms with Gasteiger partial charge in [0.1, 0.15) is 6.04 Å². The number of allylic oxidation sites excluding steroid dienone is 1. The number of urea groups is 1. The van der Waals surface area contributed by atoms with E-state index in [0.717, 1.165) is 24.8 Å². The lowest BCUT2D eigenvalue weighted by atomic mass is 9.97. The molecule has 0 radical (unpaired) electrons. The van der Waals surface area contributed by atoms with Gasteiger partial charge in [-0.3, -0.25) is 4.79 Å². The first-order valence-corrected chi connectivity index (χ1v) is 9.71. The highest BCUT2D eigenvalue weighted by Crippen LogP contribution is 2.19. The van der Waals surface area contributed by atoms with Crippen LogP contribution in [-0.2, 0) is 20.7 Å². The molecule has 0 spiro atoms. The Labute approximate surface area is 165 Å². The Kier molecular flexibility index (Phi) is 8.52. The van der Waals surface area contributed by atoms with Gasteiger partial charge in [0.15, 0.2) is 6.10 Å². The number of benzene rings is 1. The van der Waals surface area contributed by atoms with Crippen molar-refractivity contribution in [2.75, 3.05) is 6.54 Å². The molecule has 0 saturated heterocycles. The van der Waals surface area contributed by atoms with Crippen LogP contribution in [0.3, 0.4) is 0 Å². The van der Waals surface area contributed by atoms with Crippen molar-refractivity contribution in [1.82, 2.24) is 10.6 Å². The van der Waals surface area contributed by atoms with Gasteiger partial charge in [0.05, 0.1) is 0 Å². The van der Waals surface area contributed by atoms with E-state index in [0.29, 0.717) is 6.54 Å². The molecular formula is C21H29N3O4. The standard InChI is InChI=1S/C21H29N3O4/c1-15(19(25)23-13-12-16-8-4-2-5-9-16)28-20(26)18(24-21(22)27)14-17-10-6-3-7-11-17/h3,6-8,10-11,15,18H,2,4-5,9,12-14H2,1H3,(H,23,25)(H3,22,24,27)/t15-,18+/m1/s1. The topological polar surface area (TPSA) is 111 Å². The monoisotopic (exact) mass is 387 g/mol. The number of nitrogens with one attached hydrogen (secondary N) is 2. The first-order valence-electron chi connectivity index (χ1n) is 9.71. The SMILES string of the molecule is C[C@@H](OC(=O)[C@H](Cc1ccccc1)NC(N)=O)C(=O)NCCC1=CCCCC1. The summed E-state index contributed by atoms with van der Waals surface area (Å²) in [6.45, 7) is 2.02. The second kappa shape index (κ2) is 11.1. The summed E-state index contributed by atoms with van der Waals surface area (Å²) in [5.41, 5.74) is 7.38. The predicted molar refractivity (Wildman–Crippen MR) is 106 cm³/mol. The van der Waals surface area contributed by atoms with Crippen LogP contribution in [-0.4, -0.2) is 36.6 Å². The molecule has 0 saturated carbocycles. The molecule has 3 amide bonds. The molecule has 0 aromatic heterocycles. The number of nitrogens with two attached hydrogens (primary N) is 1. The van der Waals surface area contributed by atoms with Crippen LogP contribution in [0.5, 0.6) is 0 Å². The minimum atomic E-state index is -0.958. The maximum atomic E-state index is 12.4. The maximum Gasteiger partial charge on any atom is 0.329 e. The van der Waals surface area contributed by atoms with Gasteiger partial charge in [-0.25, -0.2) is 9.59 Å². The molecule has 152 valence electrons. The third kappa shape index (κ3) is 7.42. The smallest absolute Gasteiger partial charge is 0.329 e. The van der Waals surface area contributed by atoms with Crippen LogP contribution in [0, 0.1) is 0 Å². The molecular weight excluding hydrogens is 358 g/mol. The average Bonchev–Trinajstić information content (AvgIpc) is 2.68. The van der Waals surface area contributed by atoms with E-state index < -0.39 is 24.1 Å². The lowest BCUT2D eigenvalue weighted by Gasteiger charge is -2.20. The van der Waals surface area contributed by atoms with E-state index in [1.165, 1.54) is 25.3 Å². The largest absolute Gasteiger partial charge is 0.451 e. The van der Waals surface area contributed by atoms with Gasteiger partial charge < -0.3 is 21.1 Å². The highest BCUT2D eigenvalue weighted by Gasteiger charge is 2.26. The van der Waals surface area contributed by atoms with Crippen LogP contribution in [0.4, 0.5) is 4.79 Å². The van der Waals surface area contributed by atoms with Crippen molar-refractivity contribution in [3.05, 3.63) is 47.5 Å². The van der Waals surface area contributed by atoms with Crippen LogP contribution in [0.2, 0.25) is 0 Å². The van der Waals surface area contributed by atoms with Crippen LogP contribution < -0.4 is 16.4 Å². The van der Waals surface area contributed by atoms with Crippen molar-refractivity contribution in [2.45, 2.75) is 57.6 Å². The zero-order valence-electron chi connectivity index (χ0n) is 16.3. The highest BCUT2D eigenvalue weighted by atomic mass is 16.5. The molecule has 7 heteroatoms. The molecule has 28 heavy (non-hydrogen) atoms. The van der Waals surface area contributed by atoms with E-state index in [-0.39, 0.29) is 12.3 Å². The van der Waals surface area contributed by atoms with Gasteiger partial charge in [-0.05, 0) is 44.6 Å². The lowest BCUT2D eigenvalue weighted by Crippen LogP contribution is -2.48. The van der Waals surface area contributed by atoms with E-state index >= 15 is 0 Å². The molecule has 0 bridgehead atoms. The number of rotatable bonds is 9. The van der Waals surface area contributed by atoms with Gasteiger partial charge in [0, 0.05) is 13.0 Å². The minimum Gasteiger partial charge on any atom is -0.451 e. The van der Waals surface area contributed by atoms with Crippen molar-refractivity contribution >= 4 is 17.9 Å². The number of hydrogen-bond acceptors (Lipinski definition) is 4. The van der Waals surface area contributed by atoms with E-state index in [9.17, 15) is 14.4 Å². The number of amides is 3. The van der Waals surface area contributed by atoms with E-state index in [1.54, 1.807) is 0 Å². The first-order chi connectivity index (χ1) is 13.5. The third-order valence-corrected chi connectivity index (χ3v) is 4.68. The highest BCUT2D eigenvalue weighted by molar-refractivity contribution is 5.87. The van der Waals surface area contributed by atoms with Crippen LogP contribution in [0.1, 0.15) is 44.6 Å². The van der Waals surface area contributed by atoms with Crippen molar-refractivity contribution in [3.8, 4) is 0 Å². The quantitative estimate of drug-likeness (QED) is 0.446. The third-order valence-electron chi connectivity index (χ3n) is 4.68. The average molecular weight is 387 g/mol. The zero-order valence-corrected chi connectivity index (χ0v) is 16.3. The molecule has 1 aliphatic carbocycles. The van der Waals surface area contributed by atoms with Gasteiger partial charge in [-0.1, -0.05) is 42.0 Å². The Balaban J connectivity index is 1.83. The lowest BCUT2D eigenvalue weighted by molar-refractivity contribution is -0.156. The van der Waals surface area contributed by atoms with Gasteiger partial charge in [0.2, 0.25) is 0 Å². The molecule has 1 aromatic rings. The van der Waals surface area contributed by atoms with Crippen molar-refractivity contribution in [3.63, 3.8) is 0 Å². The molecule has 0 fully saturated rings. The van der Waals surface area contributed by atoms with Gasteiger partial charge in [-0.15, -0.1) is 0 Å². The molecule has 1 aromatic carbocycles. The fraction of sp³-hybridized carbons (Fsp3) is 0.476. The Morgan fingerprint density at radius 3 is 2.57 bits per heavy atom. The first kappa shape index (κ1) is 21.5. The second-order valence-electron chi connectivity index (χ2n) is 6.98. The second-order valence-corrected chi connectivity index (χ2v) is 6.98. The number of esters is 1. The number of carbonyl (C=O) groups excluding carboxylic acids is 3. The summed E-state index contributed by atoms with van der Waals surface area (Å²) < 4.78 is 5.25. The number of carbonyl (C=O) groups is 3. The summed E-state index contributed by atoms with van der Waals surface area (Å²) in [7, 11) is 0. The molecule has 7 nitrogen and oxygen atoms in total. The minimum absolute atomic E-state index is 0.227. The number of hydrogen-bond donors (Lipinski definition) is 3. The maximum absolute atomic E-state index is 12.4. The molecule has 4 N–H and O–H groups in total. The van der Waals surface area contributed by atoms with Crippen LogP contribution in [0.25, 0.3) is 0 Å².